The van der Waals surface area contributed by atoms with Crippen molar-refractivity contribution in [2.24, 2.45) is 0 Å². The van der Waals surface area contributed by atoms with Gasteiger partial charge in [-0.05, 0) is 37.6 Å². The van der Waals surface area contributed by atoms with E-state index in [2.05, 4.69) is 17.2 Å². The highest BCUT2D eigenvalue weighted by molar-refractivity contribution is 5.26. The van der Waals surface area contributed by atoms with Gasteiger partial charge in [-0.25, -0.2) is 13.8 Å². The van der Waals surface area contributed by atoms with Gasteiger partial charge in [0.25, 0.3) is 0 Å². The lowest BCUT2D eigenvalue weighted by Gasteiger charge is -2.20. The Kier molecular flexibility index (Phi) is 4.84. The smallest absolute Gasteiger partial charge is 0.159 e. The molecule has 0 saturated heterocycles. The zero-order valence-electron chi connectivity index (χ0n) is 11.7. The molecule has 0 aliphatic carbocycles. The second kappa shape index (κ2) is 6.61. The highest BCUT2D eigenvalue weighted by Gasteiger charge is 2.19. The van der Waals surface area contributed by atoms with Crippen LogP contribution in [0.2, 0.25) is 0 Å². The lowest BCUT2D eigenvalue weighted by Crippen LogP contribution is -2.26. The third-order valence-electron chi connectivity index (χ3n) is 3.22. The van der Waals surface area contributed by atoms with Gasteiger partial charge in [-0.2, -0.15) is 0 Å². The van der Waals surface area contributed by atoms with E-state index in [9.17, 15) is 8.78 Å². The lowest BCUT2D eigenvalue weighted by molar-refractivity contribution is 0.498. The van der Waals surface area contributed by atoms with E-state index < -0.39 is 11.6 Å². The van der Waals surface area contributed by atoms with Gasteiger partial charge in [-0.3, -0.25) is 0 Å². The molecule has 0 aliphatic rings. The van der Waals surface area contributed by atoms with Crippen LogP contribution in [0.25, 0.3) is 0 Å². The minimum atomic E-state index is -0.833. The monoisotopic (exact) mass is 279 g/mol. The highest BCUT2D eigenvalue weighted by Crippen LogP contribution is 2.22. The predicted octanol–water partition coefficient (Wildman–Crippen LogP) is 3.27. The van der Waals surface area contributed by atoms with Gasteiger partial charge in [0.05, 0.1) is 6.04 Å². The predicted molar refractivity (Wildman–Crippen MR) is 74.4 cm³/mol. The van der Waals surface area contributed by atoms with Crippen molar-refractivity contribution in [1.82, 2.24) is 14.9 Å². The fraction of sp³-hybridized carbons (Fsp3) is 0.400. The van der Waals surface area contributed by atoms with Crippen molar-refractivity contribution in [3.05, 3.63) is 53.6 Å². The van der Waals surface area contributed by atoms with Crippen LogP contribution in [0, 0.1) is 11.6 Å². The maximum Gasteiger partial charge on any atom is 0.159 e. The van der Waals surface area contributed by atoms with E-state index in [0.29, 0.717) is 5.56 Å². The summed E-state index contributed by atoms with van der Waals surface area (Å²) < 4.78 is 28.5. The summed E-state index contributed by atoms with van der Waals surface area (Å²) in [5.74, 6) is -0.853. The topological polar surface area (TPSA) is 29.9 Å². The van der Waals surface area contributed by atoms with Crippen LogP contribution in [-0.4, -0.2) is 16.1 Å². The van der Waals surface area contributed by atoms with Crippen molar-refractivity contribution in [2.75, 3.05) is 6.54 Å². The number of benzene rings is 1. The summed E-state index contributed by atoms with van der Waals surface area (Å²) in [6, 6.07) is 3.75. The molecular weight excluding hydrogens is 260 g/mol. The van der Waals surface area contributed by atoms with E-state index in [0.717, 1.165) is 31.4 Å². The Bertz CT molecular complexity index is 566. The van der Waals surface area contributed by atoms with E-state index in [1.54, 1.807) is 12.3 Å². The second-order valence-corrected chi connectivity index (χ2v) is 4.63. The molecule has 0 spiro atoms. The molecule has 0 bridgehead atoms. The molecule has 1 unspecified atom stereocenters. The van der Waals surface area contributed by atoms with Gasteiger partial charge in [-0.15, -0.1) is 0 Å². The van der Waals surface area contributed by atoms with Crippen LogP contribution < -0.4 is 5.32 Å². The molecule has 0 aliphatic heterocycles. The molecule has 1 aromatic heterocycles. The van der Waals surface area contributed by atoms with Gasteiger partial charge >= 0.3 is 0 Å². The first-order valence-corrected chi connectivity index (χ1v) is 6.86. The average Bonchev–Trinajstić information content (AvgIpc) is 2.91. The van der Waals surface area contributed by atoms with Crippen LogP contribution in [0.5, 0.6) is 0 Å². The number of hydrogen-bond acceptors (Lipinski definition) is 2. The van der Waals surface area contributed by atoms with Crippen LogP contribution >= 0.6 is 0 Å². The first kappa shape index (κ1) is 14.7. The van der Waals surface area contributed by atoms with E-state index in [1.807, 2.05) is 17.7 Å². The molecule has 0 radical (unpaired) electrons. The zero-order chi connectivity index (χ0) is 14.5. The number of aromatic nitrogens is 2. The summed E-state index contributed by atoms with van der Waals surface area (Å²) in [5, 5.41) is 3.34. The van der Waals surface area contributed by atoms with Gasteiger partial charge in [0.15, 0.2) is 11.6 Å². The van der Waals surface area contributed by atoms with Crippen LogP contribution in [0.1, 0.15) is 37.7 Å². The summed E-state index contributed by atoms with van der Waals surface area (Å²) >= 11 is 0. The molecule has 1 aromatic carbocycles. The summed E-state index contributed by atoms with van der Waals surface area (Å²) in [4.78, 5) is 4.35. The Hall–Kier alpha value is -1.75. The van der Waals surface area contributed by atoms with Gasteiger partial charge < -0.3 is 9.88 Å². The largest absolute Gasteiger partial charge is 0.334 e. The fourth-order valence-electron chi connectivity index (χ4n) is 2.19. The maximum atomic E-state index is 13.5. The molecule has 0 fully saturated rings. The van der Waals surface area contributed by atoms with Gasteiger partial charge in [0.2, 0.25) is 0 Å². The maximum absolute atomic E-state index is 13.5. The first-order valence-electron chi connectivity index (χ1n) is 6.86. The molecule has 1 heterocycles. The van der Waals surface area contributed by atoms with Crippen molar-refractivity contribution >= 4 is 0 Å². The highest BCUT2D eigenvalue weighted by atomic mass is 19.2. The lowest BCUT2D eigenvalue weighted by atomic mass is 10.1. The van der Waals surface area contributed by atoms with Crippen molar-refractivity contribution in [3.63, 3.8) is 0 Å². The second-order valence-electron chi connectivity index (χ2n) is 4.63. The van der Waals surface area contributed by atoms with E-state index in [-0.39, 0.29) is 6.04 Å². The van der Waals surface area contributed by atoms with Crippen LogP contribution in [0.3, 0.4) is 0 Å². The molecule has 0 saturated carbocycles. The Morgan fingerprint density at radius 3 is 2.70 bits per heavy atom. The molecule has 108 valence electrons. The Labute approximate surface area is 117 Å². The molecule has 1 N–H and O–H groups in total. The Balaban J connectivity index is 2.38. The number of rotatable bonds is 6. The Morgan fingerprint density at radius 1 is 1.25 bits per heavy atom. The SMILES string of the molecule is CCCNC(c1ccc(F)c(F)c1)c1nccn1CC. The molecule has 3 nitrogen and oxygen atoms in total. The summed E-state index contributed by atoms with van der Waals surface area (Å²) in [6.07, 6.45) is 4.56. The number of halogens is 2. The van der Waals surface area contributed by atoms with Crippen molar-refractivity contribution in [2.45, 2.75) is 32.9 Å². The summed E-state index contributed by atoms with van der Waals surface area (Å²) in [5.41, 5.74) is 0.679. The number of imidazole rings is 1. The van der Waals surface area contributed by atoms with Crippen molar-refractivity contribution in [1.29, 1.82) is 0 Å². The van der Waals surface area contributed by atoms with Gasteiger partial charge in [0.1, 0.15) is 5.82 Å². The molecule has 2 aromatic rings. The molecule has 5 heteroatoms. The van der Waals surface area contributed by atoms with Crippen LogP contribution in [0.4, 0.5) is 8.78 Å². The number of aryl methyl sites for hydroxylation is 1. The minimum absolute atomic E-state index is 0.236. The molecule has 1 atom stereocenters. The standard InChI is InChI=1S/C15H19F2N3/c1-3-7-18-14(15-19-8-9-20(15)4-2)11-5-6-12(16)13(17)10-11/h5-6,8-10,14,18H,3-4,7H2,1-2H3. The van der Waals surface area contributed by atoms with E-state index >= 15 is 0 Å². The Morgan fingerprint density at radius 2 is 2.05 bits per heavy atom. The fourth-order valence-corrected chi connectivity index (χ4v) is 2.19. The van der Waals surface area contributed by atoms with Crippen LogP contribution in [0.15, 0.2) is 30.6 Å². The number of nitrogens with one attached hydrogen (secondary N) is 1. The van der Waals surface area contributed by atoms with Crippen molar-refractivity contribution < 1.29 is 8.78 Å². The minimum Gasteiger partial charge on any atom is -0.334 e. The quantitative estimate of drug-likeness (QED) is 0.879. The average molecular weight is 279 g/mol. The van der Waals surface area contributed by atoms with Gasteiger partial charge in [-0.1, -0.05) is 13.0 Å². The molecule has 20 heavy (non-hydrogen) atoms. The third-order valence-corrected chi connectivity index (χ3v) is 3.22. The van der Waals surface area contributed by atoms with E-state index in [4.69, 9.17) is 0 Å². The van der Waals surface area contributed by atoms with Crippen molar-refractivity contribution in [3.8, 4) is 0 Å². The molecule has 2 rings (SSSR count). The number of nitrogens with zero attached hydrogens (tertiary/aromatic N) is 2. The summed E-state index contributed by atoms with van der Waals surface area (Å²) in [6.45, 7) is 5.64. The first-order chi connectivity index (χ1) is 9.67. The van der Waals surface area contributed by atoms with Gasteiger partial charge in [0, 0.05) is 18.9 Å². The van der Waals surface area contributed by atoms with E-state index in [1.165, 1.54) is 6.07 Å². The summed E-state index contributed by atoms with van der Waals surface area (Å²) in [7, 11) is 0. The molecular formula is C15H19F2N3. The molecule has 0 amide bonds. The number of hydrogen-bond donors (Lipinski definition) is 1. The third kappa shape index (κ3) is 3.04. The zero-order valence-corrected chi connectivity index (χ0v) is 11.7. The normalized spacial score (nSPS) is 12.6. The van der Waals surface area contributed by atoms with Crippen LogP contribution in [-0.2, 0) is 6.54 Å².